The van der Waals surface area contributed by atoms with Crippen LogP contribution < -0.4 is 11.4 Å². The van der Waals surface area contributed by atoms with E-state index in [4.69, 9.17) is 5.73 Å². The van der Waals surface area contributed by atoms with E-state index in [1.807, 2.05) is 58.6 Å². The van der Waals surface area contributed by atoms with Crippen molar-refractivity contribution in [3.63, 3.8) is 0 Å². The summed E-state index contributed by atoms with van der Waals surface area (Å²) >= 11 is 0. The van der Waals surface area contributed by atoms with Crippen LogP contribution in [0.1, 0.15) is 79.7 Å². The first-order chi connectivity index (χ1) is 19.5. The van der Waals surface area contributed by atoms with Gasteiger partial charge in [-0.2, -0.15) is 4.98 Å². The average Bonchev–Trinajstić information content (AvgIpc) is 2.88. The van der Waals surface area contributed by atoms with Gasteiger partial charge in [-0.05, 0) is 94.2 Å². The first kappa shape index (κ1) is 32.0. The Morgan fingerprint density at radius 1 is 1.02 bits per heavy atom. The number of rotatable bonds is 9. The summed E-state index contributed by atoms with van der Waals surface area (Å²) in [5.74, 6) is -1.87. The lowest BCUT2D eigenvalue weighted by Crippen LogP contribution is -2.57. The topological polar surface area (TPSA) is 64.1 Å². The van der Waals surface area contributed by atoms with Crippen molar-refractivity contribution in [1.82, 2.24) is 14.5 Å². The first-order valence-electron chi connectivity index (χ1n) is 14.9. The maximum Gasteiger partial charge on any atom is 0.348 e. The van der Waals surface area contributed by atoms with Crippen LogP contribution in [0.5, 0.6) is 0 Å². The van der Waals surface area contributed by atoms with Gasteiger partial charge in [-0.3, -0.25) is 9.47 Å². The summed E-state index contributed by atoms with van der Waals surface area (Å²) in [6.45, 7) is 17.7. The van der Waals surface area contributed by atoms with E-state index in [-0.39, 0.29) is 11.1 Å². The van der Waals surface area contributed by atoms with E-state index < -0.39 is 40.5 Å². The summed E-state index contributed by atoms with van der Waals surface area (Å²) in [6.07, 6.45) is 2.86. The highest BCUT2D eigenvalue weighted by Crippen LogP contribution is 2.44. The van der Waals surface area contributed by atoms with E-state index in [1.54, 1.807) is 33.0 Å². The first-order valence-corrected chi connectivity index (χ1v) is 14.9. The molecule has 228 valence electrons. The predicted octanol–water partition coefficient (Wildman–Crippen LogP) is 6.64. The smallest absolute Gasteiger partial charge is 0.319 e. The Kier molecular flexibility index (Phi) is 8.83. The Labute approximate surface area is 248 Å². The van der Waals surface area contributed by atoms with Gasteiger partial charge in [0.05, 0.1) is 17.3 Å². The number of halogens is 3. The second-order valence-electron chi connectivity index (χ2n) is 12.9. The van der Waals surface area contributed by atoms with Crippen molar-refractivity contribution in [1.29, 1.82) is 0 Å². The lowest BCUT2D eigenvalue weighted by atomic mass is 9.73. The Bertz CT molecular complexity index is 1530. The molecule has 0 bridgehead atoms. The molecule has 42 heavy (non-hydrogen) atoms. The molecule has 2 unspecified atom stereocenters. The van der Waals surface area contributed by atoms with Gasteiger partial charge in [-0.1, -0.05) is 38.5 Å². The Balaban J connectivity index is 1.85. The number of hydrogen-bond acceptors (Lipinski definition) is 4. The molecule has 1 aliphatic heterocycles. The molecule has 1 aromatic heterocycles. The van der Waals surface area contributed by atoms with Crippen molar-refractivity contribution in [3.05, 3.63) is 85.6 Å². The van der Waals surface area contributed by atoms with E-state index >= 15 is 8.78 Å². The van der Waals surface area contributed by atoms with Gasteiger partial charge in [-0.25, -0.2) is 18.0 Å². The SMILES string of the molecule is CCc1nc(=O)n(C(C)C(N)(c2c(F)c(C)cc(-c3c(C)cc(C)cc3C)c2F)C(C)C)cc1CCN1CC(C)(F)C1. The fourth-order valence-corrected chi connectivity index (χ4v) is 6.81. The molecule has 8 heteroatoms. The van der Waals surface area contributed by atoms with Crippen LogP contribution in [0.15, 0.2) is 29.2 Å². The number of nitrogens with zero attached hydrogens (tertiary/aromatic N) is 3. The molecule has 0 saturated carbocycles. The number of likely N-dealkylation sites (tertiary alicyclic amines) is 1. The highest BCUT2D eigenvalue weighted by atomic mass is 19.1. The average molecular weight is 583 g/mol. The lowest BCUT2D eigenvalue weighted by molar-refractivity contribution is -0.0163. The summed E-state index contributed by atoms with van der Waals surface area (Å²) in [4.78, 5) is 19.8. The molecule has 0 aliphatic carbocycles. The fourth-order valence-electron chi connectivity index (χ4n) is 6.81. The Morgan fingerprint density at radius 3 is 2.14 bits per heavy atom. The van der Waals surface area contributed by atoms with Crippen molar-refractivity contribution in [3.8, 4) is 11.1 Å². The molecule has 1 aliphatic rings. The van der Waals surface area contributed by atoms with Crippen LogP contribution >= 0.6 is 0 Å². The van der Waals surface area contributed by atoms with Gasteiger partial charge in [0.25, 0.3) is 0 Å². The normalized spacial score (nSPS) is 17.3. The van der Waals surface area contributed by atoms with Crippen molar-refractivity contribution in [2.24, 2.45) is 11.7 Å². The summed E-state index contributed by atoms with van der Waals surface area (Å²) in [7, 11) is 0. The lowest BCUT2D eigenvalue weighted by Gasteiger charge is -2.42. The summed E-state index contributed by atoms with van der Waals surface area (Å²) in [5.41, 5.74) is 9.24. The molecule has 0 spiro atoms. The molecule has 5 nitrogen and oxygen atoms in total. The number of aryl methyl sites for hydroxylation is 5. The van der Waals surface area contributed by atoms with E-state index in [0.29, 0.717) is 49.3 Å². The van der Waals surface area contributed by atoms with Crippen LogP contribution in [-0.2, 0) is 18.4 Å². The quantitative estimate of drug-likeness (QED) is 0.307. The molecule has 1 saturated heterocycles. The summed E-state index contributed by atoms with van der Waals surface area (Å²) in [6, 6.07) is 4.68. The van der Waals surface area contributed by atoms with E-state index in [9.17, 15) is 9.18 Å². The van der Waals surface area contributed by atoms with Crippen LogP contribution in [0, 0.1) is 45.2 Å². The molecule has 2 aromatic carbocycles. The largest absolute Gasteiger partial charge is 0.348 e. The Morgan fingerprint density at radius 2 is 1.62 bits per heavy atom. The second-order valence-corrected chi connectivity index (χ2v) is 12.9. The van der Waals surface area contributed by atoms with Crippen molar-refractivity contribution >= 4 is 0 Å². The van der Waals surface area contributed by atoms with Gasteiger partial charge in [0.1, 0.15) is 17.3 Å². The van der Waals surface area contributed by atoms with Crippen LogP contribution in [0.2, 0.25) is 0 Å². The number of nitrogens with two attached hydrogens (primary N) is 1. The van der Waals surface area contributed by atoms with Gasteiger partial charge in [0.2, 0.25) is 0 Å². The number of benzene rings is 2. The third-order valence-electron chi connectivity index (χ3n) is 9.08. The zero-order chi connectivity index (χ0) is 31.3. The van der Waals surface area contributed by atoms with Gasteiger partial charge in [0.15, 0.2) is 0 Å². The zero-order valence-electron chi connectivity index (χ0n) is 26.5. The van der Waals surface area contributed by atoms with Gasteiger partial charge in [-0.15, -0.1) is 0 Å². The summed E-state index contributed by atoms with van der Waals surface area (Å²) in [5, 5.41) is 0. The number of alkyl halides is 1. The van der Waals surface area contributed by atoms with E-state index in [0.717, 1.165) is 22.3 Å². The van der Waals surface area contributed by atoms with E-state index in [2.05, 4.69) is 4.98 Å². The van der Waals surface area contributed by atoms with Crippen molar-refractivity contribution in [2.45, 2.75) is 92.4 Å². The molecule has 0 radical (unpaired) electrons. The third kappa shape index (κ3) is 5.68. The highest BCUT2D eigenvalue weighted by Gasteiger charge is 2.44. The highest BCUT2D eigenvalue weighted by molar-refractivity contribution is 5.73. The van der Waals surface area contributed by atoms with Crippen LogP contribution in [0.25, 0.3) is 11.1 Å². The van der Waals surface area contributed by atoms with Crippen LogP contribution in [0.3, 0.4) is 0 Å². The molecular weight excluding hydrogens is 537 g/mol. The van der Waals surface area contributed by atoms with Crippen LogP contribution in [0.4, 0.5) is 13.2 Å². The van der Waals surface area contributed by atoms with Gasteiger partial charge < -0.3 is 5.73 Å². The third-order valence-corrected chi connectivity index (χ3v) is 9.08. The minimum Gasteiger partial charge on any atom is -0.319 e. The molecule has 0 amide bonds. The molecule has 1 fully saturated rings. The van der Waals surface area contributed by atoms with Gasteiger partial charge in [0, 0.05) is 37.0 Å². The maximum absolute atomic E-state index is 16.7. The maximum atomic E-state index is 16.7. The molecular formula is C34H45F3N4O. The number of aromatic nitrogens is 2. The predicted molar refractivity (Wildman–Crippen MR) is 164 cm³/mol. The standard InChI is InChI=1S/C34H45F3N4O/c1-10-27-25(11-12-40-17-33(9,37)18-40)16-41(32(42)39-27)24(8)34(38,19(2)3)29-30(35)23(7)15-26(31(29)36)28-21(5)13-20(4)14-22(28)6/h13-16,19,24H,10-12,17-18,38H2,1-9H3. The van der Waals surface area contributed by atoms with E-state index in [1.165, 1.54) is 4.57 Å². The van der Waals surface area contributed by atoms with Gasteiger partial charge >= 0.3 is 5.69 Å². The minimum absolute atomic E-state index is 0.227. The number of hydrogen-bond donors (Lipinski definition) is 1. The molecule has 3 aromatic rings. The molecule has 4 rings (SSSR count). The fraction of sp³-hybridized carbons (Fsp3) is 0.529. The van der Waals surface area contributed by atoms with Crippen LogP contribution in [-0.4, -0.2) is 39.8 Å². The summed E-state index contributed by atoms with van der Waals surface area (Å²) < 4.78 is 48.3. The minimum atomic E-state index is -1.59. The Hall–Kier alpha value is -2.97. The monoisotopic (exact) mass is 582 g/mol. The second kappa shape index (κ2) is 11.6. The van der Waals surface area contributed by atoms with Crippen molar-refractivity contribution in [2.75, 3.05) is 19.6 Å². The zero-order valence-corrected chi connectivity index (χ0v) is 26.5. The molecule has 2 N–H and O–H groups in total. The molecule has 2 heterocycles. The van der Waals surface area contributed by atoms with Crippen molar-refractivity contribution < 1.29 is 13.2 Å². The molecule has 2 atom stereocenters.